The van der Waals surface area contributed by atoms with Gasteiger partial charge in [-0.1, -0.05) is 6.07 Å². The molecule has 0 fully saturated rings. The largest absolute Gasteiger partial charge is 0.496 e. The van der Waals surface area contributed by atoms with E-state index < -0.39 is 10.0 Å². The Morgan fingerprint density at radius 1 is 1.03 bits per heavy atom. The Bertz CT molecular complexity index is 1390. The van der Waals surface area contributed by atoms with E-state index in [2.05, 4.69) is 25.7 Å². The minimum absolute atomic E-state index is 0. The Kier molecular flexibility index (Phi) is 6.34. The highest BCUT2D eigenvalue weighted by Gasteiger charge is 2.17. The van der Waals surface area contributed by atoms with Gasteiger partial charge >= 0.3 is 0 Å². The van der Waals surface area contributed by atoms with Crippen molar-refractivity contribution in [3.63, 3.8) is 0 Å². The Hall–Kier alpha value is -3.74. The monoisotopic (exact) mass is 453 g/mol. The van der Waals surface area contributed by atoms with Gasteiger partial charge in [0.2, 0.25) is 0 Å². The van der Waals surface area contributed by atoms with Crippen molar-refractivity contribution in [2.45, 2.75) is 4.90 Å². The molecule has 10 heteroatoms. The second kappa shape index (κ2) is 8.95. The molecule has 31 heavy (non-hydrogen) atoms. The van der Waals surface area contributed by atoms with Gasteiger partial charge in [-0.05, 0) is 41.8 Å². The highest BCUT2D eigenvalue weighted by Crippen LogP contribution is 2.35. The first-order valence-electron chi connectivity index (χ1n) is 8.77. The molecular weight excluding hydrogens is 438 g/mol. The van der Waals surface area contributed by atoms with Gasteiger partial charge in [0.25, 0.3) is 10.0 Å². The normalized spacial score (nSPS) is 10.7. The molecule has 8 nitrogen and oxygen atoms in total. The number of nitriles is 1. The molecule has 0 spiro atoms. The third kappa shape index (κ3) is 4.40. The van der Waals surface area contributed by atoms with Crippen LogP contribution < -0.4 is 9.46 Å². The number of fused-ring (bicyclic) bond motifs is 1. The molecule has 2 aromatic carbocycles. The Morgan fingerprint density at radius 2 is 1.87 bits per heavy atom. The van der Waals surface area contributed by atoms with Gasteiger partial charge in [0.15, 0.2) is 0 Å². The molecule has 1 N–H and O–H groups in total. The fourth-order valence-corrected chi connectivity index (χ4v) is 4.11. The summed E-state index contributed by atoms with van der Waals surface area (Å²) in [5, 5.41) is 10.6. The lowest BCUT2D eigenvalue weighted by molar-refractivity contribution is 0.416. The molecule has 2 aromatic heterocycles. The van der Waals surface area contributed by atoms with Gasteiger partial charge in [0.05, 0.1) is 23.6 Å². The van der Waals surface area contributed by atoms with Crippen molar-refractivity contribution in [3.8, 4) is 22.9 Å². The number of ether oxygens (including phenoxy) is 1. The van der Waals surface area contributed by atoms with Gasteiger partial charge in [0, 0.05) is 35.1 Å². The minimum Gasteiger partial charge on any atom is -0.496 e. The number of anilines is 1. The van der Waals surface area contributed by atoms with Crippen molar-refractivity contribution in [1.29, 1.82) is 5.26 Å². The maximum absolute atomic E-state index is 12.7. The molecule has 2 heterocycles. The lowest BCUT2D eigenvalue weighted by Gasteiger charge is -2.12. The molecule has 0 atom stereocenters. The van der Waals surface area contributed by atoms with E-state index in [1.807, 2.05) is 0 Å². The molecule has 0 bridgehead atoms. The zero-order valence-corrected chi connectivity index (χ0v) is 17.8. The van der Waals surface area contributed by atoms with E-state index in [0.29, 0.717) is 16.7 Å². The van der Waals surface area contributed by atoms with Gasteiger partial charge in [-0.3, -0.25) is 9.71 Å². The zero-order valence-electron chi connectivity index (χ0n) is 16.2. The summed E-state index contributed by atoms with van der Waals surface area (Å²) in [5.41, 5.74) is 2.00. The predicted octanol–water partition coefficient (Wildman–Crippen LogP) is 3.79. The number of sulfonamides is 1. The van der Waals surface area contributed by atoms with Crippen LogP contribution in [0.15, 0.2) is 72.3 Å². The first-order chi connectivity index (χ1) is 14.5. The lowest BCUT2D eigenvalue weighted by atomic mass is 9.99. The molecule has 0 saturated heterocycles. The van der Waals surface area contributed by atoms with Crippen molar-refractivity contribution in [3.05, 3.63) is 72.9 Å². The van der Waals surface area contributed by atoms with Crippen LogP contribution in [0.25, 0.3) is 21.9 Å². The van der Waals surface area contributed by atoms with Crippen LogP contribution in [0.2, 0.25) is 0 Å². The summed E-state index contributed by atoms with van der Waals surface area (Å²) in [7, 11) is -2.30. The highest BCUT2D eigenvalue weighted by atomic mass is 35.5. The minimum atomic E-state index is -3.83. The summed E-state index contributed by atoms with van der Waals surface area (Å²) in [6.07, 6.45) is 5.99. The fraction of sp³-hybridized carbons (Fsp3) is 0.0476. The summed E-state index contributed by atoms with van der Waals surface area (Å²) in [4.78, 5) is 12.0. The fourth-order valence-electron chi connectivity index (χ4n) is 3.07. The van der Waals surface area contributed by atoms with Crippen molar-refractivity contribution in [1.82, 2.24) is 15.0 Å². The third-order valence-corrected chi connectivity index (χ3v) is 5.83. The number of aromatic nitrogens is 3. The Balaban J connectivity index is 0.00000272. The standard InChI is InChI=1S/C21H15N5O3S.ClH/c1-29-20-8-14(10-22)2-4-18(20)19-12-24-11-15-9-16(3-5-17(15)19)30(27,28)26-21-6-7-23-13-25-21;/h2-9,11-13H,1H3,(H,23,25,26);1H. The van der Waals surface area contributed by atoms with Crippen LogP contribution in [0.4, 0.5) is 5.82 Å². The summed E-state index contributed by atoms with van der Waals surface area (Å²) < 4.78 is 33.3. The number of hydrogen-bond acceptors (Lipinski definition) is 7. The van der Waals surface area contributed by atoms with Crippen LogP contribution in [-0.2, 0) is 10.0 Å². The van der Waals surface area contributed by atoms with Gasteiger partial charge in [-0.25, -0.2) is 18.4 Å². The van der Waals surface area contributed by atoms with E-state index in [-0.39, 0.29) is 23.1 Å². The van der Waals surface area contributed by atoms with E-state index in [1.54, 1.807) is 42.7 Å². The van der Waals surface area contributed by atoms with Crippen molar-refractivity contribution >= 4 is 39.0 Å². The summed E-state index contributed by atoms with van der Waals surface area (Å²) in [6, 6.07) is 13.5. The SMILES string of the molecule is COc1cc(C#N)ccc1-c1cncc2cc(S(=O)(=O)Nc3ccncn3)ccc12.Cl. The average Bonchev–Trinajstić information content (AvgIpc) is 2.78. The second-order valence-corrected chi connectivity index (χ2v) is 7.98. The number of nitrogens with zero attached hydrogens (tertiary/aromatic N) is 4. The Labute approximate surface area is 185 Å². The van der Waals surface area contributed by atoms with Crippen LogP contribution in [0.3, 0.4) is 0 Å². The molecular formula is C21H16ClN5O3S. The topological polar surface area (TPSA) is 118 Å². The van der Waals surface area contributed by atoms with Gasteiger partial charge in [0.1, 0.15) is 17.9 Å². The van der Waals surface area contributed by atoms with E-state index in [0.717, 1.165) is 16.5 Å². The third-order valence-electron chi connectivity index (χ3n) is 4.48. The second-order valence-electron chi connectivity index (χ2n) is 6.30. The van der Waals surface area contributed by atoms with Crippen LogP contribution in [0.5, 0.6) is 5.75 Å². The van der Waals surface area contributed by atoms with Gasteiger partial charge in [-0.2, -0.15) is 5.26 Å². The van der Waals surface area contributed by atoms with Gasteiger partial charge < -0.3 is 4.74 Å². The molecule has 4 aromatic rings. The average molecular weight is 454 g/mol. The summed E-state index contributed by atoms with van der Waals surface area (Å²) >= 11 is 0. The summed E-state index contributed by atoms with van der Waals surface area (Å²) in [6.45, 7) is 0. The van der Waals surface area contributed by atoms with Crippen molar-refractivity contribution in [2.24, 2.45) is 0 Å². The van der Waals surface area contributed by atoms with E-state index in [4.69, 9.17) is 10.00 Å². The maximum atomic E-state index is 12.7. The van der Waals surface area contributed by atoms with Crippen LogP contribution in [0.1, 0.15) is 5.56 Å². The first-order valence-corrected chi connectivity index (χ1v) is 10.3. The van der Waals surface area contributed by atoms with Gasteiger partial charge in [-0.15, -0.1) is 12.4 Å². The maximum Gasteiger partial charge on any atom is 0.263 e. The molecule has 0 saturated carbocycles. The van der Waals surface area contributed by atoms with Crippen molar-refractivity contribution < 1.29 is 13.2 Å². The number of hydrogen-bond donors (Lipinski definition) is 1. The smallest absolute Gasteiger partial charge is 0.263 e. The van der Waals surface area contributed by atoms with Crippen molar-refractivity contribution in [2.75, 3.05) is 11.8 Å². The number of rotatable bonds is 5. The number of pyridine rings is 1. The highest BCUT2D eigenvalue weighted by molar-refractivity contribution is 7.92. The molecule has 0 unspecified atom stereocenters. The number of nitrogens with one attached hydrogen (secondary N) is 1. The van der Waals surface area contributed by atoms with E-state index in [1.165, 1.54) is 31.8 Å². The quantitative estimate of drug-likeness (QED) is 0.488. The molecule has 0 radical (unpaired) electrons. The molecule has 156 valence electrons. The van der Waals surface area contributed by atoms with Crippen LogP contribution >= 0.6 is 12.4 Å². The van der Waals surface area contributed by atoms with Crippen LogP contribution in [0, 0.1) is 11.3 Å². The summed E-state index contributed by atoms with van der Waals surface area (Å²) in [5.74, 6) is 0.713. The van der Waals surface area contributed by atoms with E-state index >= 15 is 0 Å². The lowest BCUT2D eigenvalue weighted by Crippen LogP contribution is -2.13. The Morgan fingerprint density at radius 3 is 2.58 bits per heavy atom. The first kappa shape index (κ1) is 22.0. The molecule has 0 aliphatic heterocycles. The zero-order chi connectivity index (χ0) is 21.1. The number of halogens is 1. The molecule has 0 amide bonds. The predicted molar refractivity (Wildman–Crippen MR) is 119 cm³/mol. The molecule has 4 rings (SSSR count). The number of benzene rings is 2. The molecule has 0 aliphatic carbocycles. The van der Waals surface area contributed by atoms with E-state index in [9.17, 15) is 8.42 Å². The molecule has 0 aliphatic rings. The van der Waals surface area contributed by atoms with Crippen LogP contribution in [-0.4, -0.2) is 30.5 Å². The number of methoxy groups -OCH3 is 1.